The van der Waals surface area contributed by atoms with Crippen LogP contribution in [-0.2, 0) is 0 Å². The fourth-order valence-corrected chi connectivity index (χ4v) is 1.71. The highest BCUT2D eigenvalue weighted by Crippen LogP contribution is 2.18. The van der Waals surface area contributed by atoms with Crippen molar-refractivity contribution in [3.63, 3.8) is 0 Å². The fourth-order valence-electron chi connectivity index (χ4n) is 1.71. The summed E-state index contributed by atoms with van der Waals surface area (Å²) >= 11 is 0. The van der Waals surface area contributed by atoms with Gasteiger partial charge in [-0.05, 0) is 57.8 Å². The second-order valence-corrected chi connectivity index (χ2v) is 5.32. The molecule has 2 atom stereocenters. The first kappa shape index (κ1) is 22.2. The van der Waals surface area contributed by atoms with Gasteiger partial charge in [0, 0.05) is 15.9 Å². The van der Waals surface area contributed by atoms with Crippen molar-refractivity contribution in [1.82, 2.24) is 10.6 Å². The zero-order valence-corrected chi connectivity index (χ0v) is 14.7. The second-order valence-electron chi connectivity index (χ2n) is 5.32. The van der Waals surface area contributed by atoms with Crippen molar-refractivity contribution in [1.29, 1.82) is 0 Å². The Kier molecular flexibility index (Phi) is 17.9. The molecule has 0 aliphatic heterocycles. The van der Waals surface area contributed by atoms with Gasteiger partial charge in [-0.15, -0.1) is 12.3 Å². The number of hydrogen-bond donors (Lipinski definition) is 2. The van der Waals surface area contributed by atoms with Crippen LogP contribution in [0, 0.1) is 18.4 Å². The van der Waals surface area contributed by atoms with Crippen molar-refractivity contribution in [2.75, 3.05) is 26.2 Å². The third kappa shape index (κ3) is 15.1. The largest absolute Gasteiger partial charge is 0.316 e. The van der Waals surface area contributed by atoms with Gasteiger partial charge in [-0.25, -0.2) is 0 Å². The van der Waals surface area contributed by atoms with Gasteiger partial charge in [0.15, 0.2) is 0 Å². The average Bonchev–Trinajstić information content (AvgIpc) is 2.51. The van der Waals surface area contributed by atoms with Gasteiger partial charge in [0.25, 0.3) is 0 Å². The molecule has 1 radical (unpaired) electrons. The molecule has 0 spiro atoms. The minimum atomic E-state index is 0. The molecule has 0 amide bonds. The Hall–Kier alpha value is -1.08. The zero-order chi connectivity index (χ0) is 16.5. The minimum absolute atomic E-state index is 0. The van der Waals surface area contributed by atoms with Gasteiger partial charge in [-0.1, -0.05) is 38.5 Å². The lowest BCUT2D eigenvalue weighted by atomic mass is 9.89. The predicted octanol–water partition coefficient (Wildman–Crippen LogP) is 4.62. The van der Waals surface area contributed by atoms with Gasteiger partial charge in [0.1, 0.15) is 0 Å². The zero-order valence-electron chi connectivity index (χ0n) is 14.7. The van der Waals surface area contributed by atoms with Crippen molar-refractivity contribution in [2.45, 2.75) is 41.0 Å². The summed E-state index contributed by atoms with van der Waals surface area (Å²) in [5.74, 6) is 1.44. The summed E-state index contributed by atoms with van der Waals surface area (Å²) in [6.07, 6.45) is 6.97. The third-order valence-corrected chi connectivity index (χ3v) is 3.57. The molecule has 21 heavy (non-hydrogen) atoms. The average molecular weight is 296 g/mol. The van der Waals surface area contributed by atoms with Gasteiger partial charge in [-0.2, -0.15) is 0 Å². The molecule has 0 aliphatic rings. The molecule has 0 aromatic rings. The molecule has 2 nitrogen and oxygen atoms in total. The fraction of sp³-hybridized carbons (Fsp3) is 0.632. The summed E-state index contributed by atoms with van der Waals surface area (Å²) in [5.41, 5.74) is 3.91. The van der Waals surface area contributed by atoms with E-state index in [0.717, 1.165) is 32.1 Å². The van der Waals surface area contributed by atoms with Crippen LogP contribution in [0.4, 0.5) is 0 Å². The molecular weight excluding hydrogens is 256 g/mol. The lowest BCUT2D eigenvalue weighted by molar-refractivity contribution is 0.410. The number of rotatable bonds is 10. The van der Waals surface area contributed by atoms with Crippen LogP contribution in [0.25, 0.3) is 0 Å². The summed E-state index contributed by atoms with van der Waals surface area (Å²) in [6, 6.07) is 0. The lowest BCUT2D eigenvalue weighted by Gasteiger charge is -2.21. The van der Waals surface area contributed by atoms with Crippen molar-refractivity contribution in [3.05, 3.63) is 42.7 Å². The maximum absolute atomic E-state index is 4.94. The molecule has 0 rings (SSSR count). The van der Waals surface area contributed by atoms with Crippen LogP contribution in [0.1, 0.15) is 43.9 Å². The van der Waals surface area contributed by atoms with E-state index in [0.29, 0.717) is 5.92 Å². The van der Waals surface area contributed by atoms with Crippen molar-refractivity contribution < 1.29 is 2.85 Å². The molecule has 0 aliphatic carbocycles. The number of nitrogens with one attached hydrogen (secondary N) is 2. The van der Waals surface area contributed by atoms with Crippen LogP contribution in [-0.4, -0.2) is 26.2 Å². The first-order valence-electron chi connectivity index (χ1n) is 7.97. The highest BCUT2D eigenvalue weighted by Gasteiger charge is 2.12. The van der Waals surface area contributed by atoms with E-state index in [1.54, 1.807) is 12.2 Å². The molecule has 0 saturated carbocycles. The van der Waals surface area contributed by atoms with Gasteiger partial charge in [-0.3, -0.25) is 0 Å². The van der Waals surface area contributed by atoms with E-state index in [1.165, 1.54) is 12.0 Å². The predicted molar refractivity (Wildman–Crippen MR) is 101 cm³/mol. The van der Waals surface area contributed by atoms with Gasteiger partial charge < -0.3 is 10.6 Å². The van der Waals surface area contributed by atoms with Crippen molar-refractivity contribution in [2.24, 2.45) is 11.8 Å². The van der Waals surface area contributed by atoms with Gasteiger partial charge in [0.05, 0.1) is 0 Å². The van der Waals surface area contributed by atoms with Crippen LogP contribution < -0.4 is 10.6 Å². The summed E-state index contributed by atoms with van der Waals surface area (Å²) < 4.78 is 0. The lowest BCUT2D eigenvalue weighted by Crippen LogP contribution is -2.26. The van der Waals surface area contributed by atoms with E-state index in [1.807, 2.05) is 0 Å². The third-order valence-electron chi connectivity index (χ3n) is 3.57. The van der Waals surface area contributed by atoms with Crippen LogP contribution in [0.2, 0.25) is 0 Å². The highest BCUT2D eigenvalue weighted by molar-refractivity contribution is 5.01. The molecule has 0 aromatic carbocycles. The molecule has 2 heteroatoms. The molecule has 0 aromatic heterocycles. The van der Waals surface area contributed by atoms with E-state index in [9.17, 15) is 0 Å². The first-order valence-corrected chi connectivity index (χ1v) is 7.97. The summed E-state index contributed by atoms with van der Waals surface area (Å²) in [4.78, 5) is 0. The Morgan fingerprint density at radius 1 is 1.33 bits per heavy atom. The summed E-state index contributed by atoms with van der Waals surface area (Å²) in [6.45, 7) is 23.5. The smallest absolute Gasteiger partial charge is 0.0212 e. The molecule has 0 heterocycles. The minimum Gasteiger partial charge on any atom is -0.316 e. The SMILES string of the molecule is C/C=C(/C)C(C)C(C)CNCCC.[CH]=C=CCNCC=C.[HH].[HH]. The molecular formula is C19H39N2. The molecule has 0 fully saturated rings. The number of allylic oxidation sites excluding steroid dienone is 2. The van der Waals surface area contributed by atoms with E-state index in [-0.39, 0.29) is 2.85 Å². The van der Waals surface area contributed by atoms with Crippen molar-refractivity contribution in [3.8, 4) is 0 Å². The molecule has 2 N–H and O–H groups in total. The van der Waals surface area contributed by atoms with Crippen LogP contribution in [0.3, 0.4) is 0 Å². The van der Waals surface area contributed by atoms with E-state index in [4.69, 9.17) is 6.58 Å². The maximum atomic E-state index is 4.94. The Morgan fingerprint density at radius 2 is 2.00 bits per heavy atom. The van der Waals surface area contributed by atoms with Crippen molar-refractivity contribution >= 4 is 0 Å². The Balaban J connectivity index is -0.000000158. The summed E-state index contributed by atoms with van der Waals surface area (Å²) in [7, 11) is 0. The molecule has 0 bridgehead atoms. The molecule has 0 saturated heterocycles. The first-order chi connectivity index (χ1) is 10.0. The Morgan fingerprint density at radius 3 is 2.48 bits per heavy atom. The van der Waals surface area contributed by atoms with Crippen LogP contribution >= 0.6 is 0 Å². The monoisotopic (exact) mass is 295 g/mol. The van der Waals surface area contributed by atoms with E-state index in [2.05, 4.69) is 63.6 Å². The maximum Gasteiger partial charge on any atom is 0.0212 e. The van der Waals surface area contributed by atoms with E-state index < -0.39 is 0 Å². The normalized spacial score (nSPS) is 13.5. The molecule has 125 valence electrons. The second kappa shape index (κ2) is 17.0. The summed E-state index contributed by atoms with van der Waals surface area (Å²) in [5, 5.41) is 6.49. The molecule has 2 unspecified atom stereocenters. The van der Waals surface area contributed by atoms with Crippen LogP contribution in [0.15, 0.2) is 36.1 Å². The Labute approximate surface area is 136 Å². The quantitative estimate of drug-likeness (QED) is 0.349. The van der Waals surface area contributed by atoms with Gasteiger partial charge >= 0.3 is 0 Å². The standard InChI is InChI=1S/C12H25N.C7H10N.2H2/c1-6-8-13-9-11(4)12(5)10(3)7-2;1-3-5-7-8-6-4-2;;/h7,11-13H,6,8-9H2,1-5H3;1,4-5,8H,2,6-7H2;2*1H/b10-7-;;;. The van der Waals surface area contributed by atoms with Gasteiger partial charge in [0.2, 0.25) is 0 Å². The van der Waals surface area contributed by atoms with Crippen LogP contribution in [0.5, 0.6) is 0 Å². The van der Waals surface area contributed by atoms with E-state index >= 15 is 0 Å². The highest BCUT2D eigenvalue weighted by atomic mass is 14.8. The Bertz CT molecular complexity index is 321. The topological polar surface area (TPSA) is 24.1 Å². The number of hydrogen-bond acceptors (Lipinski definition) is 2.